The van der Waals surface area contributed by atoms with Crippen LogP contribution in [0, 0.1) is 5.82 Å². The minimum absolute atomic E-state index is 0.207. The van der Waals surface area contributed by atoms with Crippen molar-refractivity contribution in [3.63, 3.8) is 0 Å². The van der Waals surface area contributed by atoms with E-state index in [-0.39, 0.29) is 11.4 Å². The van der Waals surface area contributed by atoms with Crippen molar-refractivity contribution in [2.24, 2.45) is 0 Å². The Morgan fingerprint density at radius 3 is 2.68 bits per heavy atom. The summed E-state index contributed by atoms with van der Waals surface area (Å²) in [5.74, 6) is 0.926. The number of hydrogen-bond acceptors (Lipinski definition) is 6. The number of halogens is 1. The van der Waals surface area contributed by atoms with Crippen molar-refractivity contribution in [2.75, 3.05) is 13.7 Å². The van der Waals surface area contributed by atoms with Gasteiger partial charge in [0.15, 0.2) is 5.82 Å². The van der Waals surface area contributed by atoms with Gasteiger partial charge in [-0.1, -0.05) is 36.4 Å². The number of aromatic amines is 1. The van der Waals surface area contributed by atoms with Gasteiger partial charge in [-0.3, -0.25) is 9.69 Å². The Hall–Kier alpha value is -4.37. The molecule has 0 fully saturated rings. The van der Waals surface area contributed by atoms with E-state index in [9.17, 15) is 9.18 Å². The molecule has 0 saturated heterocycles. The number of hydrogen-bond donors (Lipinski definition) is 1. The van der Waals surface area contributed by atoms with Gasteiger partial charge in [0, 0.05) is 24.7 Å². The molecule has 2 aromatic heterocycles. The number of rotatable bonds is 6. The average molecular weight is 497 g/mol. The summed E-state index contributed by atoms with van der Waals surface area (Å²) in [5.41, 5.74) is 4.44. The Bertz CT molecular complexity index is 1630. The highest BCUT2D eigenvalue weighted by molar-refractivity contribution is 5.80. The number of nitrogens with zero attached hydrogens (tertiary/aromatic N) is 5. The second-order valence-corrected chi connectivity index (χ2v) is 9.22. The van der Waals surface area contributed by atoms with E-state index in [4.69, 9.17) is 4.74 Å². The Morgan fingerprint density at radius 2 is 1.86 bits per heavy atom. The topological polar surface area (TPSA) is 88.9 Å². The zero-order chi connectivity index (χ0) is 25.4. The first-order chi connectivity index (χ1) is 18.1. The van der Waals surface area contributed by atoms with Crippen LogP contribution >= 0.6 is 0 Å². The molecule has 0 spiro atoms. The maximum absolute atomic E-state index is 13.5. The summed E-state index contributed by atoms with van der Waals surface area (Å²) in [5, 5.41) is 13.5. The van der Waals surface area contributed by atoms with Crippen LogP contribution in [0.2, 0.25) is 0 Å². The molecule has 1 aliphatic heterocycles. The van der Waals surface area contributed by atoms with E-state index in [0.29, 0.717) is 35.7 Å². The smallest absolute Gasteiger partial charge is 0.253 e. The van der Waals surface area contributed by atoms with Gasteiger partial charge in [-0.2, -0.15) is 0 Å². The van der Waals surface area contributed by atoms with E-state index >= 15 is 0 Å². The van der Waals surface area contributed by atoms with Gasteiger partial charge in [0.2, 0.25) is 0 Å². The molecule has 0 aliphatic carbocycles. The van der Waals surface area contributed by atoms with E-state index in [1.165, 1.54) is 23.3 Å². The SMILES string of the molecule is COc1ccc2cc([C@H](c3nnnn3Cc3ccc(F)cc3)N3CCc4ccccc4C3)c(=O)[nH]c2c1. The molecular formula is C28H25FN6O2. The Kier molecular flexibility index (Phi) is 5.97. The van der Waals surface area contributed by atoms with Crippen LogP contribution in [-0.2, 0) is 19.5 Å². The van der Waals surface area contributed by atoms with Gasteiger partial charge in [-0.05, 0) is 69.3 Å². The van der Waals surface area contributed by atoms with Crippen LogP contribution in [0.5, 0.6) is 5.75 Å². The lowest BCUT2D eigenvalue weighted by atomic mass is 9.96. The van der Waals surface area contributed by atoms with Crippen molar-refractivity contribution < 1.29 is 9.13 Å². The van der Waals surface area contributed by atoms with Gasteiger partial charge in [0.05, 0.1) is 19.2 Å². The van der Waals surface area contributed by atoms with Crippen LogP contribution in [0.1, 0.15) is 34.1 Å². The molecule has 0 amide bonds. The van der Waals surface area contributed by atoms with Crippen LogP contribution in [-0.4, -0.2) is 43.7 Å². The second kappa shape index (κ2) is 9.59. The number of aromatic nitrogens is 5. The average Bonchev–Trinajstić information content (AvgIpc) is 3.37. The third kappa shape index (κ3) is 4.49. The largest absolute Gasteiger partial charge is 0.497 e. The van der Waals surface area contributed by atoms with Gasteiger partial charge in [-0.25, -0.2) is 9.07 Å². The number of benzene rings is 3. The van der Waals surface area contributed by atoms with E-state index in [2.05, 4.69) is 43.6 Å². The molecule has 37 heavy (non-hydrogen) atoms. The van der Waals surface area contributed by atoms with Crippen molar-refractivity contribution >= 4 is 10.9 Å². The van der Waals surface area contributed by atoms with Crippen molar-refractivity contribution in [2.45, 2.75) is 25.6 Å². The van der Waals surface area contributed by atoms with E-state index in [0.717, 1.165) is 23.9 Å². The third-order valence-corrected chi connectivity index (χ3v) is 6.95. The zero-order valence-electron chi connectivity index (χ0n) is 20.3. The predicted octanol–water partition coefficient (Wildman–Crippen LogP) is 3.86. The zero-order valence-corrected chi connectivity index (χ0v) is 20.3. The van der Waals surface area contributed by atoms with Crippen molar-refractivity contribution in [3.8, 4) is 5.75 Å². The number of pyridine rings is 1. The molecule has 8 nitrogen and oxygen atoms in total. The molecule has 9 heteroatoms. The van der Waals surface area contributed by atoms with Crippen LogP contribution < -0.4 is 10.3 Å². The molecule has 6 rings (SSSR count). The summed E-state index contributed by atoms with van der Waals surface area (Å²) in [6.07, 6.45) is 0.856. The second-order valence-electron chi connectivity index (χ2n) is 9.22. The molecule has 0 unspecified atom stereocenters. The monoisotopic (exact) mass is 496 g/mol. The van der Waals surface area contributed by atoms with Crippen LogP contribution in [0.3, 0.4) is 0 Å². The van der Waals surface area contributed by atoms with Gasteiger partial charge in [0.1, 0.15) is 17.6 Å². The molecule has 1 atom stereocenters. The molecule has 1 N–H and O–H groups in total. The Morgan fingerprint density at radius 1 is 1.05 bits per heavy atom. The van der Waals surface area contributed by atoms with Crippen LogP contribution in [0.25, 0.3) is 10.9 Å². The molecule has 5 aromatic rings. The summed E-state index contributed by atoms with van der Waals surface area (Å²) in [6, 6.07) is 21.7. The minimum atomic E-state index is -0.487. The van der Waals surface area contributed by atoms with Gasteiger partial charge in [-0.15, -0.1) is 5.10 Å². The van der Waals surface area contributed by atoms with Gasteiger partial charge < -0.3 is 9.72 Å². The first-order valence-electron chi connectivity index (χ1n) is 12.1. The lowest BCUT2D eigenvalue weighted by Gasteiger charge is -2.34. The van der Waals surface area contributed by atoms with Gasteiger partial charge in [0.25, 0.3) is 5.56 Å². The third-order valence-electron chi connectivity index (χ3n) is 6.95. The van der Waals surface area contributed by atoms with E-state index < -0.39 is 6.04 Å². The first-order valence-corrected chi connectivity index (χ1v) is 12.1. The quantitative estimate of drug-likeness (QED) is 0.384. The predicted molar refractivity (Wildman–Crippen MR) is 137 cm³/mol. The highest BCUT2D eigenvalue weighted by Crippen LogP contribution is 2.32. The highest BCUT2D eigenvalue weighted by Gasteiger charge is 2.32. The lowest BCUT2D eigenvalue weighted by molar-refractivity contribution is 0.194. The molecule has 3 aromatic carbocycles. The minimum Gasteiger partial charge on any atom is -0.497 e. The van der Waals surface area contributed by atoms with E-state index in [1.807, 2.05) is 30.3 Å². The number of methoxy groups -OCH3 is 1. The summed E-state index contributed by atoms with van der Waals surface area (Å²) in [7, 11) is 1.60. The standard InChI is InChI=1S/C28H25FN6O2/c1-37-23-11-8-20-14-24(28(36)30-25(20)15-23)26(34-13-12-19-4-2-3-5-21(19)17-34)27-31-32-33-35(27)16-18-6-9-22(29)10-7-18/h2-11,14-15,26H,12-13,16-17H2,1H3,(H,30,36)/t26-/m1/s1. The fourth-order valence-corrected chi connectivity index (χ4v) is 5.05. The molecule has 0 saturated carbocycles. The Balaban J connectivity index is 1.46. The molecule has 186 valence electrons. The molecule has 3 heterocycles. The van der Waals surface area contributed by atoms with E-state index in [1.54, 1.807) is 23.9 Å². The Labute approximate surface area is 212 Å². The van der Waals surface area contributed by atoms with Crippen molar-refractivity contribution in [1.29, 1.82) is 0 Å². The maximum Gasteiger partial charge on any atom is 0.253 e. The summed E-state index contributed by atoms with van der Waals surface area (Å²) < 4.78 is 20.5. The summed E-state index contributed by atoms with van der Waals surface area (Å²) in [6.45, 7) is 1.75. The maximum atomic E-state index is 13.5. The highest BCUT2D eigenvalue weighted by atomic mass is 19.1. The number of fused-ring (bicyclic) bond motifs is 2. The molecular weight excluding hydrogens is 471 g/mol. The number of tetrazole rings is 1. The van der Waals surface area contributed by atoms with Crippen molar-refractivity contribution in [1.82, 2.24) is 30.1 Å². The summed E-state index contributed by atoms with van der Waals surface area (Å²) in [4.78, 5) is 18.8. The summed E-state index contributed by atoms with van der Waals surface area (Å²) >= 11 is 0. The molecule has 1 aliphatic rings. The normalized spacial score (nSPS) is 14.4. The molecule has 0 radical (unpaired) electrons. The fraction of sp³-hybridized carbons (Fsp3) is 0.214. The fourth-order valence-electron chi connectivity index (χ4n) is 5.05. The van der Waals surface area contributed by atoms with Gasteiger partial charge >= 0.3 is 0 Å². The first kappa shape index (κ1) is 23.1. The van der Waals surface area contributed by atoms with Crippen LogP contribution in [0.4, 0.5) is 4.39 Å². The number of ether oxygens (including phenoxy) is 1. The molecule has 0 bridgehead atoms. The lowest BCUT2D eigenvalue weighted by Crippen LogP contribution is -2.38. The van der Waals surface area contributed by atoms with Crippen molar-refractivity contribution in [3.05, 3.63) is 117 Å². The number of H-pyrrole nitrogens is 1. The number of nitrogens with one attached hydrogen (secondary N) is 1. The van der Waals surface area contributed by atoms with Crippen LogP contribution in [0.15, 0.2) is 77.6 Å².